The molecule has 0 aliphatic heterocycles. The summed E-state index contributed by atoms with van der Waals surface area (Å²) in [5.41, 5.74) is 5.62. The molecule has 52 valence electrons. The molecule has 0 radical (unpaired) electrons. The monoisotopic (exact) mass is 125 g/mol. The van der Waals surface area contributed by atoms with Gasteiger partial charge in [-0.2, -0.15) is 0 Å². The highest BCUT2D eigenvalue weighted by Crippen LogP contribution is 2.47. The summed E-state index contributed by atoms with van der Waals surface area (Å²) in [6.07, 6.45) is 5.93. The first kappa shape index (κ1) is 5.72. The van der Waals surface area contributed by atoms with Crippen molar-refractivity contribution in [1.29, 1.82) is 0 Å². The van der Waals surface area contributed by atoms with Crippen LogP contribution < -0.4 is 5.73 Å². The molecular formula is C8H15N. The average Bonchev–Trinajstić information content (AvgIpc) is 2.45. The van der Waals surface area contributed by atoms with Crippen LogP contribution in [-0.4, -0.2) is 6.54 Å². The minimum Gasteiger partial charge on any atom is -0.330 e. The fourth-order valence-corrected chi connectivity index (χ4v) is 2.67. The third-order valence-electron chi connectivity index (χ3n) is 3.19. The summed E-state index contributed by atoms with van der Waals surface area (Å²) in [5, 5.41) is 0. The minimum absolute atomic E-state index is 0.906. The molecule has 0 spiro atoms. The molecule has 0 aromatic rings. The fraction of sp³-hybridized carbons (Fsp3) is 1.00. The Balaban J connectivity index is 2.01. The summed E-state index contributed by atoms with van der Waals surface area (Å²) in [5.74, 6) is 3.01. The molecule has 2 bridgehead atoms. The van der Waals surface area contributed by atoms with Gasteiger partial charge in [-0.15, -0.1) is 0 Å². The van der Waals surface area contributed by atoms with Crippen molar-refractivity contribution < 1.29 is 0 Å². The fourth-order valence-electron chi connectivity index (χ4n) is 2.67. The Morgan fingerprint density at radius 2 is 2.11 bits per heavy atom. The van der Waals surface area contributed by atoms with Crippen molar-refractivity contribution >= 4 is 0 Å². The summed E-state index contributed by atoms with van der Waals surface area (Å²) in [7, 11) is 0. The maximum absolute atomic E-state index is 5.62. The van der Waals surface area contributed by atoms with Gasteiger partial charge in [0.15, 0.2) is 0 Å². The largest absolute Gasteiger partial charge is 0.330 e. The van der Waals surface area contributed by atoms with Crippen LogP contribution in [0.1, 0.15) is 25.7 Å². The van der Waals surface area contributed by atoms with E-state index in [1.807, 2.05) is 0 Å². The molecule has 2 aliphatic rings. The molecular weight excluding hydrogens is 110 g/mol. The van der Waals surface area contributed by atoms with Gasteiger partial charge in [-0.25, -0.2) is 0 Å². The van der Waals surface area contributed by atoms with Crippen LogP contribution in [0.4, 0.5) is 0 Å². The predicted octanol–water partition coefficient (Wildman–Crippen LogP) is 1.38. The quantitative estimate of drug-likeness (QED) is 0.563. The molecule has 2 fully saturated rings. The third kappa shape index (κ3) is 0.787. The third-order valence-corrected chi connectivity index (χ3v) is 3.19. The molecule has 2 aliphatic carbocycles. The van der Waals surface area contributed by atoms with E-state index in [2.05, 4.69) is 0 Å². The van der Waals surface area contributed by atoms with Crippen LogP contribution in [0, 0.1) is 17.8 Å². The zero-order valence-electron chi connectivity index (χ0n) is 5.84. The molecule has 2 N–H and O–H groups in total. The molecule has 0 amide bonds. The van der Waals surface area contributed by atoms with Gasteiger partial charge in [0.2, 0.25) is 0 Å². The summed E-state index contributed by atoms with van der Waals surface area (Å²) in [6.45, 7) is 0.946. The highest BCUT2D eigenvalue weighted by molar-refractivity contribution is 4.89. The van der Waals surface area contributed by atoms with Crippen LogP contribution in [0.25, 0.3) is 0 Å². The van der Waals surface area contributed by atoms with Gasteiger partial charge in [-0.3, -0.25) is 0 Å². The number of fused-ring (bicyclic) bond motifs is 2. The van der Waals surface area contributed by atoms with Gasteiger partial charge in [0.05, 0.1) is 0 Å². The first-order valence-corrected chi connectivity index (χ1v) is 4.10. The summed E-state index contributed by atoms with van der Waals surface area (Å²) in [4.78, 5) is 0. The van der Waals surface area contributed by atoms with Crippen molar-refractivity contribution in [1.82, 2.24) is 0 Å². The van der Waals surface area contributed by atoms with E-state index in [9.17, 15) is 0 Å². The second-order valence-electron chi connectivity index (χ2n) is 3.67. The van der Waals surface area contributed by atoms with E-state index in [-0.39, 0.29) is 0 Å². The van der Waals surface area contributed by atoms with Crippen molar-refractivity contribution in [3.8, 4) is 0 Å². The maximum Gasteiger partial charge on any atom is -0.00461 e. The highest BCUT2D eigenvalue weighted by atomic mass is 14.6. The van der Waals surface area contributed by atoms with Crippen molar-refractivity contribution in [3.63, 3.8) is 0 Å². The summed E-state index contributed by atoms with van der Waals surface area (Å²) < 4.78 is 0. The van der Waals surface area contributed by atoms with Crippen LogP contribution >= 0.6 is 0 Å². The van der Waals surface area contributed by atoms with Gasteiger partial charge in [-0.1, -0.05) is 6.42 Å². The highest BCUT2D eigenvalue weighted by Gasteiger charge is 2.38. The van der Waals surface area contributed by atoms with E-state index in [0.29, 0.717) is 0 Å². The molecule has 3 atom stereocenters. The Morgan fingerprint density at radius 1 is 1.22 bits per heavy atom. The Kier molecular flexibility index (Phi) is 1.26. The second kappa shape index (κ2) is 1.98. The van der Waals surface area contributed by atoms with E-state index in [0.717, 1.165) is 24.3 Å². The van der Waals surface area contributed by atoms with Gasteiger partial charge < -0.3 is 5.73 Å². The molecule has 2 rings (SSSR count). The topological polar surface area (TPSA) is 26.0 Å². The number of hydrogen-bond acceptors (Lipinski definition) is 1. The SMILES string of the molecule is NCC1C[C@@H]2CC[C@H]1C2. The first-order valence-electron chi connectivity index (χ1n) is 4.10. The first-order chi connectivity index (χ1) is 4.40. The lowest BCUT2D eigenvalue weighted by Crippen LogP contribution is -2.19. The van der Waals surface area contributed by atoms with Crippen molar-refractivity contribution in [2.24, 2.45) is 23.5 Å². The van der Waals surface area contributed by atoms with E-state index >= 15 is 0 Å². The van der Waals surface area contributed by atoms with Crippen molar-refractivity contribution in [2.75, 3.05) is 6.54 Å². The Hall–Kier alpha value is -0.0400. The van der Waals surface area contributed by atoms with Gasteiger partial charge in [0.1, 0.15) is 0 Å². The Labute approximate surface area is 56.6 Å². The lowest BCUT2D eigenvalue weighted by atomic mass is 9.89. The van der Waals surface area contributed by atoms with Crippen LogP contribution in [0.2, 0.25) is 0 Å². The zero-order chi connectivity index (χ0) is 6.27. The maximum atomic E-state index is 5.62. The molecule has 1 unspecified atom stereocenters. The van der Waals surface area contributed by atoms with Crippen molar-refractivity contribution in [3.05, 3.63) is 0 Å². The van der Waals surface area contributed by atoms with Crippen LogP contribution in [0.5, 0.6) is 0 Å². The Morgan fingerprint density at radius 3 is 2.44 bits per heavy atom. The predicted molar refractivity (Wildman–Crippen MR) is 38.0 cm³/mol. The molecule has 9 heavy (non-hydrogen) atoms. The number of rotatable bonds is 1. The molecule has 0 saturated heterocycles. The number of hydrogen-bond donors (Lipinski definition) is 1. The molecule has 0 aromatic carbocycles. The van der Waals surface area contributed by atoms with E-state index in [4.69, 9.17) is 5.73 Å². The zero-order valence-corrected chi connectivity index (χ0v) is 5.84. The van der Waals surface area contributed by atoms with Gasteiger partial charge in [-0.05, 0) is 43.6 Å². The smallest absolute Gasteiger partial charge is 0.00461 e. The van der Waals surface area contributed by atoms with E-state index in [1.54, 1.807) is 0 Å². The number of nitrogens with two attached hydrogens (primary N) is 1. The lowest BCUT2D eigenvalue weighted by Gasteiger charge is -2.18. The van der Waals surface area contributed by atoms with Gasteiger partial charge >= 0.3 is 0 Å². The second-order valence-corrected chi connectivity index (χ2v) is 3.67. The minimum atomic E-state index is 0.906. The molecule has 0 heterocycles. The average molecular weight is 125 g/mol. The normalized spacial score (nSPS) is 48.3. The van der Waals surface area contributed by atoms with Crippen LogP contribution in [0.15, 0.2) is 0 Å². The van der Waals surface area contributed by atoms with Gasteiger partial charge in [0, 0.05) is 0 Å². The summed E-state index contributed by atoms with van der Waals surface area (Å²) in [6, 6.07) is 0. The van der Waals surface area contributed by atoms with Gasteiger partial charge in [0.25, 0.3) is 0 Å². The van der Waals surface area contributed by atoms with Crippen LogP contribution in [-0.2, 0) is 0 Å². The van der Waals surface area contributed by atoms with Crippen LogP contribution in [0.3, 0.4) is 0 Å². The lowest BCUT2D eigenvalue weighted by molar-refractivity contribution is 0.341. The molecule has 1 nitrogen and oxygen atoms in total. The molecule has 0 aromatic heterocycles. The van der Waals surface area contributed by atoms with E-state index < -0.39 is 0 Å². The standard InChI is InChI=1S/C8H15N/c9-5-8-4-6-1-2-7(8)3-6/h6-8H,1-5,9H2/t6-,7+,8?/m1/s1. The summed E-state index contributed by atoms with van der Waals surface area (Å²) >= 11 is 0. The molecule has 1 heteroatoms. The Bertz CT molecular complexity index is 111. The van der Waals surface area contributed by atoms with Crippen molar-refractivity contribution in [2.45, 2.75) is 25.7 Å². The molecule has 2 saturated carbocycles. The van der Waals surface area contributed by atoms with E-state index in [1.165, 1.54) is 25.7 Å².